The summed E-state index contributed by atoms with van der Waals surface area (Å²) >= 11 is 0. The summed E-state index contributed by atoms with van der Waals surface area (Å²) in [5.41, 5.74) is 2.02. The van der Waals surface area contributed by atoms with Crippen LogP contribution in [0.1, 0.15) is 28.8 Å². The largest absolute Gasteiger partial charge is 0.301 e. The van der Waals surface area contributed by atoms with Crippen molar-refractivity contribution >= 4 is 11.9 Å². The molecule has 0 bridgehead atoms. The van der Waals surface area contributed by atoms with Crippen molar-refractivity contribution in [2.45, 2.75) is 24.9 Å². The van der Waals surface area contributed by atoms with E-state index in [9.17, 15) is 4.79 Å². The van der Waals surface area contributed by atoms with E-state index in [0.717, 1.165) is 18.4 Å². The third kappa shape index (κ3) is 3.67. The van der Waals surface area contributed by atoms with Crippen LogP contribution in [0.15, 0.2) is 66.7 Å². The topological polar surface area (TPSA) is 39.0 Å². The Morgan fingerprint density at radius 2 is 1.67 bits per heavy atom. The number of ketones is 1. The predicted molar refractivity (Wildman–Crippen MR) is 86.2 cm³/mol. The van der Waals surface area contributed by atoms with Crippen molar-refractivity contribution in [1.82, 2.24) is 5.32 Å². The lowest BCUT2D eigenvalue weighted by Gasteiger charge is -1.97. The SMILES string of the molecule is O=C(c1ccccc1)[C@@H]1N[C@H]1CC/C=C/c1ccccc1. The van der Waals surface area contributed by atoms with Crippen LogP contribution in [0, 0.1) is 0 Å². The van der Waals surface area contributed by atoms with Crippen LogP contribution < -0.4 is 5.32 Å². The van der Waals surface area contributed by atoms with Gasteiger partial charge in [-0.25, -0.2) is 0 Å². The number of carbonyl (C=O) groups excluding carboxylic acids is 1. The molecule has 106 valence electrons. The van der Waals surface area contributed by atoms with E-state index >= 15 is 0 Å². The number of hydrogen-bond donors (Lipinski definition) is 1. The first-order valence-corrected chi connectivity index (χ1v) is 7.41. The maximum atomic E-state index is 12.2. The van der Waals surface area contributed by atoms with Gasteiger partial charge in [0.1, 0.15) is 0 Å². The summed E-state index contributed by atoms with van der Waals surface area (Å²) in [5, 5.41) is 3.28. The number of carbonyl (C=O) groups is 1. The zero-order valence-corrected chi connectivity index (χ0v) is 11.9. The number of benzene rings is 2. The normalized spacial score (nSPS) is 20.6. The maximum absolute atomic E-state index is 12.2. The molecule has 1 aliphatic rings. The summed E-state index contributed by atoms with van der Waals surface area (Å²) in [6, 6.07) is 20.1. The summed E-state index contributed by atoms with van der Waals surface area (Å²) < 4.78 is 0. The van der Waals surface area contributed by atoms with Gasteiger partial charge in [0, 0.05) is 11.6 Å². The lowest BCUT2D eigenvalue weighted by molar-refractivity contribution is 0.0988. The fourth-order valence-corrected chi connectivity index (χ4v) is 2.52. The Labute approximate surface area is 125 Å². The maximum Gasteiger partial charge on any atom is 0.181 e. The molecular weight excluding hydrogens is 258 g/mol. The van der Waals surface area contributed by atoms with E-state index in [4.69, 9.17) is 0 Å². The number of allylic oxidation sites excluding steroid dienone is 1. The van der Waals surface area contributed by atoms with Gasteiger partial charge in [0.05, 0.1) is 6.04 Å². The van der Waals surface area contributed by atoms with Gasteiger partial charge in [0.2, 0.25) is 0 Å². The van der Waals surface area contributed by atoms with Crippen LogP contribution in [0.2, 0.25) is 0 Å². The molecule has 1 aliphatic heterocycles. The summed E-state index contributed by atoms with van der Waals surface area (Å²) in [6.45, 7) is 0. The summed E-state index contributed by atoms with van der Waals surface area (Å²) in [4.78, 5) is 12.2. The Morgan fingerprint density at radius 3 is 2.38 bits per heavy atom. The number of Topliss-reactive ketones (excluding diaryl/α,β-unsaturated/α-hetero) is 1. The average Bonchev–Trinajstić information content (AvgIpc) is 3.32. The van der Waals surface area contributed by atoms with E-state index in [1.165, 1.54) is 5.56 Å². The lowest BCUT2D eigenvalue weighted by Crippen LogP contribution is -2.11. The molecule has 2 aromatic rings. The molecule has 0 spiro atoms. The molecule has 2 atom stereocenters. The highest BCUT2D eigenvalue weighted by molar-refractivity contribution is 6.02. The van der Waals surface area contributed by atoms with E-state index in [0.29, 0.717) is 6.04 Å². The lowest BCUT2D eigenvalue weighted by atomic mass is 10.0. The Bertz CT molecular complexity index is 619. The molecule has 0 aliphatic carbocycles. The minimum absolute atomic E-state index is 0.0116. The van der Waals surface area contributed by atoms with E-state index in [-0.39, 0.29) is 11.8 Å². The van der Waals surface area contributed by atoms with Crippen molar-refractivity contribution in [3.05, 3.63) is 77.9 Å². The molecule has 0 amide bonds. The summed E-state index contributed by atoms with van der Waals surface area (Å²) in [5.74, 6) is 0.215. The smallest absolute Gasteiger partial charge is 0.181 e. The molecule has 0 radical (unpaired) electrons. The zero-order chi connectivity index (χ0) is 14.5. The minimum atomic E-state index is 0.0116. The van der Waals surface area contributed by atoms with Gasteiger partial charge in [0.25, 0.3) is 0 Å². The first-order chi connectivity index (χ1) is 10.3. The number of hydrogen-bond acceptors (Lipinski definition) is 2. The first-order valence-electron chi connectivity index (χ1n) is 7.41. The molecule has 2 heteroatoms. The van der Waals surface area contributed by atoms with Gasteiger partial charge in [-0.05, 0) is 18.4 Å². The van der Waals surface area contributed by atoms with Crippen LogP contribution in [-0.4, -0.2) is 17.9 Å². The first kappa shape index (κ1) is 13.8. The number of rotatable bonds is 6. The van der Waals surface area contributed by atoms with Crippen LogP contribution in [0.25, 0.3) is 6.08 Å². The average molecular weight is 277 g/mol. The molecule has 1 heterocycles. The standard InChI is InChI=1S/C19H19NO/c21-19(16-12-5-2-6-13-16)18-17(20-18)14-8-7-11-15-9-3-1-4-10-15/h1-7,9-13,17-18,20H,8,14H2/b11-7+/t17-,18+/m0/s1. The van der Waals surface area contributed by atoms with Gasteiger partial charge >= 0.3 is 0 Å². The Morgan fingerprint density at radius 1 is 1.00 bits per heavy atom. The second-order valence-electron chi connectivity index (χ2n) is 5.37. The Hall–Kier alpha value is -2.19. The second-order valence-corrected chi connectivity index (χ2v) is 5.37. The zero-order valence-electron chi connectivity index (χ0n) is 11.9. The quantitative estimate of drug-likeness (QED) is 0.646. The highest BCUT2D eigenvalue weighted by atomic mass is 16.1. The molecule has 3 rings (SSSR count). The highest BCUT2D eigenvalue weighted by Crippen LogP contribution is 2.21. The number of nitrogens with one attached hydrogen (secondary N) is 1. The summed E-state index contributed by atoms with van der Waals surface area (Å²) in [7, 11) is 0. The third-order valence-corrected chi connectivity index (χ3v) is 3.78. The van der Waals surface area contributed by atoms with Crippen molar-refractivity contribution in [3.63, 3.8) is 0 Å². The van der Waals surface area contributed by atoms with Gasteiger partial charge in [-0.2, -0.15) is 0 Å². The third-order valence-electron chi connectivity index (χ3n) is 3.78. The summed E-state index contributed by atoms with van der Waals surface area (Å²) in [6.07, 6.45) is 6.31. The van der Waals surface area contributed by atoms with Crippen LogP contribution in [0.4, 0.5) is 0 Å². The van der Waals surface area contributed by atoms with Crippen molar-refractivity contribution in [2.24, 2.45) is 0 Å². The fraction of sp³-hybridized carbons (Fsp3) is 0.211. The fourth-order valence-electron chi connectivity index (χ4n) is 2.52. The van der Waals surface area contributed by atoms with Crippen LogP contribution in [-0.2, 0) is 0 Å². The predicted octanol–water partition coefficient (Wildman–Crippen LogP) is 3.70. The minimum Gasteiger partial charge on any atom is -0.301 e. The van der Waals surface area contributed by atoms with Crippen molar-refractivity contribution in [3.8, 4) is 0 Å². The molecule has 0 unspecified atom stereocenters. The van der Waals surface area contributed by atoms with E-state index in [2.05, 4.69) is 29.6 Å². The molecular formula is C19H19NO. The molecule has 1 fully saturated rings. The van der Waals surface area contributed by atoms with Crippen LogP contribution >= 0.6 is 0 Å². The second kappa shape index (κ2) is 6.51. The van der Waals surface area contributed by atoms with Crippen molar-refractivity contribution < 1.29 is 4.79 Å². The molecule has 1 saturated heterocycles. The highest BCUT2D eigenvalue weighted by Gasteiger charge is 2.41. The van der Waals surface area contributed by atoms with Crippen molar-refractivity contribution in [1.29, 1.82) is 0 Å². The monoisotopic (exact) mass is 277 g/mol. The van der Waals surface area contributed by atoms with Crippen molar-refractivity contribution in [2.75, 3.05) is 0 Å². The van der Waals surface area contributed by atoms with Gasteiger partial charge < -0.3 is 5.32 Å². The van der Waals surface area contributed by atoms with Gasteiger partial charge in [0.15, 0.2) is 5.78 Å². The molecule has 0 saturated carbocycles. The molecule has 21 heavy (non-hydrogen) atoms. The molecule has 2 nitrogen and oxygen atoms in total. The van der Waals surface area contributed by atoms with Crippen LogP contribution in [0.3, 0.4) is 0 Å². The van der Waals surface area contributed by atoms with Gasteiger partial charge in [-0.15, -0.1) is 0 Å². The van der Waals surface area contributed by atoms with E-state index < -0.39 is 0 Å². The molecule has 0 aromatic heterocycles. The van der Waals surface area contributed by atoms with Gasteiger partial charge in [-0.1, -0.05) is 72.8 Å². The molecule has 1 N–H and O–H groups in total. The molecule has 2 aromatic carbocycles. The van der Waals surface area contributed by atoms with E-state index in [1.54, 1.807) is 0 Å². The Balaban J connectivity index is 1.45. The van der Waals surface area contributed by atoms with Crippen LogP contribution in [0.5, 0.6) is 0 Å². The van der Waals surface area contributed by atoms with Gasteiger partial charge in [-0.3, -0.25) is 4.79 Å². The Kier molecular flexibility index (Phi) is 4.27. The van der Waals surface area contributed by atoms with E-state index in [1.807, 2.05) is 48.5 Å².